The van der Waals surface area contributed by atoms with Gasteiger partial charge < -0.3 is 5.11 Å². The van der Waals surface area contributed by atoms with Gasteiger partial charge in [0.25, 0.3) is 0 Å². The van der Waals surface area contributed by atoms with Crippen LogP contribution in [0.5, 0.6) is 0 Å². The normalized spacial score (nSPS) is 10.7. The lowest BCUT2D eigenvalue weighted by molar-refractivity contribution is 0.0696. The first kappa shape index (κ1) is 5.68. The van der Waals surface area contributed by atoms with E-state index in [1.54, 1.807) is 0 Å². The van der Waals surface area contributed by atoms with Crippen molar-refractivity contribution in [1.29, 1.82) is 0 Å². The van der Waals surface area contributed by atoms with Crippen LogP contribution in [-0.2, 0) is 0 Å². The Morgan fingerprint density at radius 1 is 1.80 bits per heavy atom. The molecule has 0 radical (unpaired) electrons. The number of carboxylic acids is 1. The maximum absolute atomic E-state index is 10.4. The van der Waals surface area contributed by atoms with Gasteiger partial charge in [0.1, 0.15) is 0 Å². The van der Waals surface area contributed by atoms with Crippen molar-refractivity contribution < 1.29 is 11.3 Å². The lowest BCUT2D eigenvalue weighted by Gasteiger charge is -1.91. The van der Waals surface area contributed by atoms with Gasteiger partial charge >= 0.3 is 5.97 Å². The molecule has 0 saturated heterocycles. The highest BCUT2D eigenvalue weighted by Crippen LogP contribution is 2.07. The van der Waals surface area contributed by atoms with Crippen LogP contribution in [0.2, 0.25) is 5.02 Å². The number of aromatic carboxylic acids is 1. The van der Waals surface area contributed by atoms with Crippen LogP contribution < -0.4 is 0 Å². The highest BCUT2D eigenvalue weighted by Gasteiger charge is 2.01. The number of halogens is 1. The third-order valence-electron chi connectivity index (χ3n) is 0.876. The molecule has 52 valence electrons. The van der Waals surface area contributed by atoms with Crippen LogP contribution in [0.3, 0.4) is 0 Å². The number of carboxylic acid groups (broad SMARTS) is 1. The molecule has 0 unspecified atom stereocenters. The zero-order valence-electron chi connectivity index (χ0n) is 5.84. The molecule has 0 aliphatic rings. The molecule has 1 heterocycles. The summed E-state index contributed by atoms with van der Waals surface area (Å²) in [6.07, 6.45) is 2.33. The van der Waals surface area contributed by atoms with E-state index < -0.39 is 5.97 Å². The van der Waals surface area contributed by atoms with Gasteiger partial charge in [-0.2, -0.15) is 0 Å². The van der Waals surface area contributed by atoms with Crippen LogP contribution in [0, 0.1) is 0 Å². The molecule has 1 aromatic heterocycles. The predicted octanol–water partition coefficient (Wildman–Crippen LogP) is 1.43. The maximum Gasteiger partial charge on any atom is 0.337 e. The first-order chi connectivity index (χ1) is 5.13. The van der Waals surface area contributed by atoms with E-state index in [1.165, 1.54) is 6.20 Å². The zero-order chi connectivity index (χ0) is 8.43. The van der Waals surface area contributed by atoms with Gasteiger partial charge in [0.05, 0.1) is 12.0 Å². The molecule has 0 aliphatic carbocycles. The van der Waals surface area contributed by atoms with Crippen LogP contribution in [0.25, 0.3) is 0 Å². The Labute approximate surface area is 63.7 Å². The molecular formula is C6H4ClNO2. The number of carbonyl (C=O) groups is 1. The molecule has 0 amide bonds. The van der Waals surface area contributed by atoms with Crippen LogP contribution in [0.1, 0.15) is 11.7 Å². The topological polar surface area (TPSA) is 50.2 Å². The predicted molar refractivity (Wildman–Crippen MR) is 36.2 cm³/mol. The second-order valence-electron chi connectivity index (χ2n) is 1.60. The summed E-state index contributed by atoms with van der Waals surface area (Å²) in [7, 11) is 0. The van der Waals surface area contributed by atoms with Gasteiger partial charge in [-0.15, -0.1) is 0 Å². The van der Waals surface area contributed by atoms with Gasteiger partial charge in [0.15, 0.2) is 0 Å². The zero-order valence-corrected chi connectivity index (χ0v) is 5.59. The second-order valence-corrected chi connectivity index (χ2v) is 2.01. The molecule has 0 fully saturated rings. The van der Waals surface area contributed by atoms with E-state index in [9.17, 15) is 4.79 Å². The number of hydrogen-bond donors (Lipinski definition) is 1. The molecule has 4 heteroatoms. The molecule has 0 aromatic carbocycles. The molecule has 0 saturated carbocycles. The third kappa shape index (κ3) is 1.45. The van der Waals surface area contributed by atoms with E-state index in [2.05, 4.69) is 4.98 Å². The molecule has 1 aromatic rings. The molecule has 0 bridgehead atoms. The first-order valence-electron chi connectivity index (χ1n) is 2.96. The molecule has 3 nitrogen and oxygen atoms in total. The van der Waals surface area contributed by atoms with E-state index in [-0.39, 0.29) is 16.6 Å². The monoisotopic (exact) mass is 158 g/mol. The van der Waals surface area contributed by atoms with Gasteiger partial charge in [-0.05, 0) is 6.04 Å². The van der Waals surface area contributed by atoms with Gasteiger partial charge in [-0.25, -0.2) is 4.79 Å². The number of pyridine rings is 1. The second kappa shape index (κ2) is 2.66. The molecular weight excluding hydrogens is 154 g/mol. The molecule has 0 atom stereocenters. The summed E-state index contributed by atoms with van der Waals surface area (Å²) >= 11 is 5.44. The average Bonchev–Trinajstić information content (AvgIpc) is 1.94. The lowest BCUT2D eigenvalue weighted by atomic mass is 10.3. The minimum absolute atomic E-state index is 0.0462. The fourth-order valence-electron chi connectivity index (χ4n) is 0.479. The summed E-state index contributed by atoms with van der Waals surface area (Å²) in [5, 5.41) is 8.52. The van der Waals surface area contributed by atoms with Gasteiger partial charge in [-0.3, -0.25) is 4.98 Å². The highest BCUT2D eigenvalue weighted by atomic mass is 35.5. The van der Waals surface area contributed by atoms with Crippen molar-refractivity contribution in [2.24, 2.45) is 0 Å². The van der Waals surface area contributed by atoms with E-state index in [0.717, 1.165) is 6.20 Å². The number of rotatable bonds is 1. The van der Waals surface area contributed by atoms with Crippen LogP contribution >= 0.6 is 11.6 Å². The molecule has 1 rings (SSSR count). The molecule has 1 N–H and O–H groups in total. The highest BCUT2D eigenvalue weighted by molar-refractivity contribution is 6.30. The van der Waals surface area contributed by atoms with Crippen molar-refractivity contribution >= 4 is 17.6 Å². The van der Waals surface area contributed by atoms with Crippen molar-refractivity contribution in [2.45, 2.75) is 0 Å². The largest absolute Gasteiger partial charge is 0.478 e. The standard InChI is InChI=1S/C6H4ClNO2/c7-5-1-4(6(9)10)2-8-3-5/h1-3H,(H,9,10)/i1D. The smallest absolute Gasteiger partial charge is 0.337 e. The number of aromatic nitrogens is 1. The summed E-state index contributed by atoms with van der Waals surface area (Å²) in [6.45, 7) is 0. The number of nitrogens with zero attached hydrogens (tertiary/aromatic N) is 1. The van der Waals surface area contributed by atoms with Crippen LogP contribution in [0.4, 0.5) is 0 Å². The Kier molecular flexibility index (Phi) is 1.51. The Balaban J connectivity index is 3.27. The minimum atomic E-state index is -1.19. The summed E-state index contributed by atoms with van der Waals surface area (Å²) in [4.78, 5) is 13.9. The summed E-state index contributed by atoms with van der Waals surface area (Å²) in [5.74, 6) is -1.19. The Bertz CT molecular complexity index is 303. The summed E-state index contributed by atoms with van der Waals surface area (Å²) < 4.78 is 7.17. The maximum atomic E-state index is 10.4. The minimum Gasteiger partial charge on any atom is -0.478 e. The Hall–Kier alpha value is -1.09. The van der Waals surface area contributed by atoms with Crippen molar-refractivity contribution in [3.05, 3.63) is 29.0 Å². The molecule has 0 aliphatic heterocycles. The van der Waals surface area contributed by atoms with E-state index in [4.69, 9.17) is 18.1 Å². The molecule has 10 heavy (non-hydrogen) atoms. The number of hydrogen-bond acceptors (Lipinski definition) is 2. The van der Waals surface area contributed by atoms with Crippen molar-refractivity contribution in [2.75, 3.05) is 0 Å². The Morgan fingerprint density at radius 3 is 3.00 bits per heavy atom. The van der Waals surface area contributed by atoms with Crippen molar-refractivity contribution in [1.82, 2.24) is 4.98 Å². The van der Waals surface area contributed by atoms with Gasteiger partial charge in [0, 0.05) is 12.4 Å². The molecule has 0 spiro atoms. The first-order valence-corrected chi connectivity index (χ1v) is 2.84. The quantitative estimate of drug-likeness (QED) is 0.673. The van der Waals surface area contributed by atoms with Gasteiger partial charge in [-0.1, -0.05) is 11.6 Å². The lowest BCUT2D eigenvalue weighted by Crippen LogP contribution is -1.95. The third-order valence-corrected chi connectivity index (χ3v) is 1.07. The Morgan fingerprint density at radius 2 is 2.50 bits per heavy atom. The van der Waals surface area contributed by atoms with Crippen molar-refractivity contribution in [3.63, 3.8) is 0 Å². The SMILES string of the molecule is [2H]c1c(Cl)cncc1C(=O)O. The van der Waals surface area contributed by atoms with Crippen LogP contribution in [-0.4, -0.2) is 16.1 Å². The summed E-state index contributed by atoms with van der Waals surface area (Å²) in [5.41, 5.74) is -0.183. The fourth-order valence-corrected chi connectivity index (χ4v) is 0.637. The summed E-state index contributed by atoms with van der Waals surface area (Å²) in [6, 6.07) is -0.200. The van der Waals surface area contributed by atoms with Crippen molar-refractivity contribution in [3.8, 4) is 0 Å². The van der Waals surface area contributed by atoms with Gasteiger partial charge in [0.2, 0.25) is 0 Å². The average molecular weight is 159 g/mol. The van der Waals surface area contributed by atoms with Crippen LogP contribution in [0.15, 0.2) is 18.4 Å². The van der Waals surface area contributed by atoms with E-state index in [0.29, 0.717) is 0 Å². The van der Waals surface area contributed by atoms with E-state index in [1.807, 2.05) is 0 Å². The van der Waals surface area contributed by atoms with E-state index >= 15 is 0 Å². The fraction of sp³-hybridized carbons (Fsp3) is 0.